The minimum absolute atomic E-state index is 0.0855. The number of carbonyl (C=O) groups excluding carboxylic acids is 1. The molecular weight excluding hydrogens is 269 g/mol. The summed E-state index contributed by atoms with van der Waals surface area (Å²) in [6.07, 6.45) is 2.78. The summed E-state index contributed by atoms with van der Waals surface area (Å²) < 4.78 is 13.0. The zero-order chi connectivity index (χ0) is 13.6. The van der Waals surface area contributed by atoms with E-state index in [2.05, 4.69) is 0 Å². The Morgan fingerprint density at radius 1 is 1.32 bits per heavy atom. The van der Waals surface area contributed by atoms with Gasteiger partial charge in [0.2, 0.25) is 0 Å². The molecule has 0 aliphatic carbocycles. The van der Waals surface area contributed by atoms with Gasteiger partial charge in [-0.3, -0.25) is 4.79 Å². The lowest BCUT2D eigenvalue weighted by atomic mass is 9.98. The largest absolute Gasteiger partial charge is 0.393 e. The van der Waals surface area contributed by atoms with Crippen molar-refractivity contribution in [2.24, 2.45) is 0 Å². The maximum atomic E-state index is 13.0. The predicted octanol–water partition coefficient (Wildman–Crippen LogP) is 2.61. The first-order valence-corrected chi connectivity index (χ1v) is 6.90. The molecule has 1 amide bonds. The highest BCUT2D eigenvalue weighted by Crippen LogP contribution is 2.37. The molecule has 1 aromatic carbocycles. The lowest BCUT2D eigenvalue weighted by Crippen LogP contribution is -2.48. The number of hydrogen-bond acceptors (Lipinski definition) is 2. The summed E-state index contributed by atoms with van der Waals surface area (Å²) in [5.41, 5.74) is 0.344. The maximum Gasteiger partial charge on any atom is 0.255 e. The molecule has 1 aromatic rings. The van der Waals surface area contributed by atoms with Crippen molar-refractivity contribution in [1.29, 1.82) is 0 Å². The van der Waals surface area contributed by atoms with Gasteiger partial charge in [-0.1, -0.05) is 11.6 Å². The molecule has 0 spiro atoms. The number of hydrogen-bond donors (Lipinski definition) is 1. The van der Waals surface area contributed by atoms with Crippen LogP contribution in [0, 0.1) is 5.82 Å². The zero-order valence-corrected chi connectivity index (χ0v) is 11.1. The number of rotatable bonds is 1. The second-order valence-electron chi connectivity index (χ2n) is 5.35. The lowest BCUT2D eigenvalue weighted by molar-refractivity contribution is 0.0287. The number of aliphatic hydroxyl groups is 1. The van der Waals surface area contributed by atoms with Crippen molar-refractivity contribution in [3.63, 3.8) is 0 Å². The van der Waals surface area contributed by atoms with E-state index in [1.165, 1.54) is 12.1 Å². The van der Waals surface area contributed by atoms with E-state index in [0.29, 0.717) is 18.4 Å². The first kappa shape index (κ1) is 12.9. The summed E-state index contributed by atoms with van der Waals surface area (Å²) in [5, 5.41) is 9.89. The summed E-state index contributed by atoms with van der Waals surface area (Å²) in [5.74, 6) is -0.594. The molecule has 2 fully saturated rings. The quantitative estimate of drug-likeness (QED) is 0.861. The van der Waals surface area contributed by atoms with E-state index >= 15 is 0 Å². The van der Waals surface area contributed by atoms with Crippen LogP contribution in [0.4, 0.5) is 4.39 Å². The predicted molar refractivity (Wildman–Crippen MR) is 69.6 cm³/mol. The SMILES string of the molecule is O=C(c1ccc(F)cc1Cl)N1C2CCC1CC(O)C2. The summed E-state index contributed by atoms with van der Waals surface area (Å²) in [6, 6.07) is 4.02. The Balaban J connectivity index is 1.88. The molecule has 2 aliphatic heterocycles. The number of halogens is 2. The van der Waals surface area contributed by atoms with Crippen LogP contribution in [-0.4, -0.2) is 34.1 Å². The van der Waals surface area contributed by atoms with E-state index in [9.17, 15) is 14.3 Å². The Morgan fingerprint density at radius 3 is 2.53 bits per heavy atom. The summed E-state index contributed by atoms with van der Waals surface area (Å²) >= 11 is 5.95. The topological polar surface area (TPSA) is 40.5 Å². The minimum atomic E-state index is -0.446. The Labute approximate surface area is 116 Å². The molecule has 2 unspecified atom stereocenters. The standard InChI is InChI=1S/C14H15ClFNO2/c15-13-5-8(16)1-4-12(13)14(19)17-9-2-3-10(17)7-11(18)6-9/h1,4-5,9-11,18H,2-3,6-7H2. The van der Waals surface area contributed by atoms with Crippen molar-refractivity contribution < 1.29 is 14.3 Å². The average Bonchev–Trinajstić information content (AvgIpc) is 2.61. The lowest BCUT2D eigenvalue weighted by Gasteiger charge is -2.37. The number of aliphatic hydroxyl groups excluding tert-OH is 1. The number of nitrogens with zero attached hydrogens (tertiary/aromatic N) is 1. The van der Waals surface area contributed by atoms with Gasteiger partial charge in [0.15, 0.2) is 0 Å². The molecular formula is C14H15ClFNO2. The van der Waals surface area contributed by atoms with Crippen LogP contribution < -0.4 is 0 Å². The normalized spacial score (nSPS) is 29.6. The van der Waals surface area contributed by atoms with E-state index in [-0.39, 0.29) is 29.1 Å². The van der Waals surface area contributed by atoms with Gasteiger partial charge in [0.05, 0.1) is 16.7 Å². The van der Waals surface area contributed by atoms with Gasteiger partial charge in [-0.2, -0.15) is 0 Å². The molecule has 2 bridgehead atoms. The smallest absolute Gasteiger partial charge is 0.255 e. The van der Waals surface area contributed by atoms with E-state index < -0.39 is 5.82 Å². The van der Waals surface area contributed by atoms with Crippen LogP contribution in [0.2, 0.25) is 5.02 Å². The van der Waals surface area contributed by atoms with E-state index in [1.54, 1.807) is 0 Å². The van der Waals surface area contributed by atoms with Crippen LogP contribution in [0.25, 0.3) is 0 Å². The molecule has 0 saturated carbocycles. The molecule has 2 atom stereocenters. The van der Waals surface area contributed by atoms with E-state index in [4.69, 9.17) is 11.6 Å². The number of fused-ring (bicyclic) bond motifs is 2. The van der Waals surface area contributed by atoms with Crippen molar-refractivity contribution in [3.05, 3.63) is 34.6 Å². The van der Waals surface area contributed by atoms with Crippen LogP contribution in [-0.2, 0) is 0 Å². The van der Waals surface area contributed by atoms with Gasteiger partial charge in [-0.05, 0) is 43.9 Å². The van der Waals surface area contributed by atoms with E-state index in [0.717, 1.165) is 18.9 Å². The molecule has 0 radical (unpaired) electrons. The molecule has 2 saturated heterocycles. The number of carbonyl (C=O) groups is 1. The molecule has 2 heterocycles. The Bertz CT molecular complexity index is 508. The molecule has 19 heavy (non-hydrogen) atoms. The van der Waals surface area contributed by atoms with E-state index in [1.807, 2.05) is 4.90 Å². The number of amides is 1. The van der Waals surface area contributed by atoms with Gasteiger partial charge in [-0.15, -0.1) is 0 Å². The molecule has 5 heteroatoms. The highest BCUT2D eigenvalue weighted by atomic mass is 35.5. The molecule has 1 N–H and O–H groups in total. The third kappa shape index (κ3) is 2.23. The number of piperidine rings is 1. The molecule has 0 aromatic heterocycles. The van der Waals surface area contributed by atoms with Crippen LogP contribution in [0.1, 0.15) is 36.0 Å². The zero-order valence-electron chi connectivity index (χ0n) is 10.4. The van der Waals surface area contributed by atoms with Gasteiger partial charge in [-0.25, -0.2) is 4.39 Å². The second-order valence-corrected chi connectivity index (χ2v) is 5.75. The van der Waals surface area contributed by atoms with Crippen molar-refractivity contribution >= 4 is 17.5 Å². The highest BCUT2D eigenvalue weighted by Gasteiger charge is 2.43. The van der Waals surface area contributed by atoms with Crippen molar-refractivity contribution in [2.75, 3.05) is 0 Å². The summed E-state index contributed by atoms with van der Waals surface area (Å²) in [4.78, 5) is 14.4. The Kier molecular flexibility index (Phi) is 3.23. The Hall–Kier alpha value is -1.13. The van der Waals surface area contributed by atoms with Crippen LogP contribution >= 0.6 is 11.6 Å². The number of benzene rings is 1. The van der Waals surface area contributed by atoms with Gasteiger partial charge < -0.3 is 10.0 Å². The fourth-order valence-electron chi connectivity index (χ4n) is 3.28. The minimum Gasteiger partial charge on any atom is -0.393 e. The maximum absolute atomic E-state index is 13.0. The summed E-state index contributed by atoms with van der Waals surface area (Å²) in [7, 11) is 0. The van der Waals surface area contributed by atoms with Crippen molar-refractivity contribution in [2.45, 2.75) is 43.9 Å². The fourth-order valence-corrected chi connectivity index (χ4v) is 3.53. The van der Waals surface area contributed by atoms with Gasteiger partial charge in [0, 0.05) is 12.1 Å². The van der Waals surface area contributed by atoms with Crippen molar-refractivity contribution in [3.8, 4) is 0 Å². The highest BCUT2D eigenvalue weighted by molar-refractivity contribution is 6.33. The summed E-state index contributed by atoms with van der Waals surface area (Å²) in [6.45, 7) is 0. The van der Waals surface area contributed by atoms with Crippen LogP contribution in [0.3, 0.4) is 0 Å². The van der Waals surface area contributed by atoms with Crippen molar-refractivity contribution in [1.82, 2.24) is 4.90 Å². The average molecular weight is 284 g/mol. The van der Waals surface area contributed by atoms with Gasteiger partial charge in [0.1, 0.15) is 5.82 Å². The Morgan fingerprint density at radius 2 is 1.95 bits per heavy atom. The third-order valence-electron chi connectivity index (χ3n) is 4.10. The van der Waals surface area contributed by atoms with Crippen LogP contribution in [0.5, 0.6) is 0 Å². The van der Waals surface area contributed by atoms with Gasteiger partial charge >= 0.3 is 0 Å². The fraction of sp³-hybridized carbons (Fsp3) is 0.500. The first-order valence-electron chi connectivity index (χ1n) is 6.52. The monoisotopic (exact) mass is 283 g/mol. The molecule has 3 nitrogen and oxygen atoms in total. The van der Waals surface area contributed by atoms with Crippen LogP contribution in [0.15, 0.2) is 18.2 Å². The molecule has 102 valence electrons. The molecule has 2 aliphatic rings. The molecule has 3 rings (SSSR count). The third-order valence-corrected chi connectivity index (χ3v) is 4.42. The second kappa shape index (κ2) is 4.76. The van der Waals surface area contributed by atoms with Gasteiger partial charge in [0.25, 0.3) is 5.91 Å². The first-order chi connectivity index (χ1) is 9.06.